The lowest BCUT2D eigenvalue weighted by Crippen LogP contribution is -2.42. The Kier molecular flexibility index (Phi) is 4.69. The fourth-order valence-electron chi connectivity index (χ4n) is 3.07. The number of aromatic nitrogens is 3. The van der Waals surface area contributed by atoms with Gasteiger partial charge < -0.3 is 10.6 Å². The first-order valence-corrected chi connectivity index (χ1v) is 9.28. The largest absolute Gasteiger partial charge is 0.367 e. The van der Waals surface area contributed by atoms with Crippen molar-refractivity contribution >= 4 is 11.7 Å². The standard InChI is InChI=1S/C19H23N5O2/c25-18(22-15-5-2-6-15)12-24-19(26)10-8-16(23-24)13-7-9-17(20-11-13)21-14-3-1-4-14/h7-11,14-15H,1-6,12H2,(H,20,21)(H,22,25). The van der Waals surface area contributed by atoms with Gasteiger partial charge in [0.1, 0.15) is 12.4 Å². The third-order valence-corrected chi connectivity index (χ3v) is 5.15. The minimum Gasteiger partial charge on any atom is -0.367 e. The Morgan fingerprint density at radius 1 is 1.08 bits per heavy atom. The first-order valence-electron chi connectivity index (χ1n) is 9.28. The van der Waals surface area contributed by atoms with E-state index < -0.39 is 0 Å². The van der Waals surface area contributed by atoms with E-state index in [1.54, 1.807) is 12.3 Å². The molecule has 0 radical (unpaired) electrons. The van der Waals surface area contributed by atoms with E-state index in [0.717, 1.165) is 30.6 Å². The Labute approximate surface area is 151 Å². The lowest BCUT2D eigenvalue weighted by Gasteiger charge is -2.26. The predicted octanol–water partition coefficient (Wildman–Crippen LogP) is 1.94. The number of rotatable bonds is 6. The molecule has 2 aliphatic carbocycles. The van der Waals surface area contributed by atoms with E-state index in [4.69, 9.17) is 0 Å². The number of carbonyl (C=O) groups excluding carboxylic acids is 1. The fraction of sp³-hybridized carbons (Fsp3) is 0.474. The maximum atomic E-state index is 12.1. The summed E-state index contributed by atoms with van der Waals surface area (Å²) in [7, 11) is 0. The van der Waals surface area contributed by atoms with Crippen molar-refractivity contribution in [1.82, 2.24) is 20.1 Å². The summed E-state index contributed by atoms with van der Waals surface area (Å²) < 4.78 is 1.21. The molecule has 0 aromatic carbocycles. The van der Waals surface area contributed by atoms with Gasteiger partial charge in [-0.25, -0.2) is 9.67 Å². The van der Waals surface area contributed by atoms with Crippen molar-refractivity contribution in [2.24, 2.45) is 0 Å². The van der Waals surface area contributed by atoms with Gasteiger partial charge in [0, 0.05) is 29.9 Å². The molecule has 136 valence electrons. The second-order valence-corrected chi connectivity index (χ2v) is 7.11. The molecule has 1 amide bonds. The van der Waals surface area contributed by atoms with Gasteiger partial charge in [0.2, 0.25) is 5.91 Å². The molecule has 0 aliphatic heterocycles. The quantitative estimate of drug-likeness (QED) is 0.828. The Morgan fingerprint density at radius 3 is 2.46 bits per heavy atom. The summed E-state index contributed by atoms with van der Waals surface area (Å²) in [5.41, 5.74) is 1.16. The van der Waals surface area contributed by atoms with Gasteiger partial charge in [-0.05, 0) is 56.7 Å². The molecule has 2 aromatic heterocycles. The molecule has 2 fully saturated rings. The first-order chi connectivity index (χ1) is 12.7. The predicted molar refractivity (Wildman–Crippen MR) is 98.8 cm³/mol. The molecule has 0 unspecified atom stereocenters. The topological polar surface area (TPSA) is 88.9 Å². The van der Waals surface area contributed by atoms with Gasteiger partial charge in [0.25, 0.3) is 5.56 Å². The molecule has 0 saturated heterocycles. The van der Waals surface area contributed by atoms with E-state index in [-0.39, 0.29) is 24.1 Å². The molecule has 4 rings (SSSR count). The van der Waals surface area contributed by atoms with Crippen LogP contribution in [0.1, 0.15) is 38.5 Å². The molecular formula is C19H23N5O2. The normalized spacial score (nSPS) is 17.2. The molecule has 7 nitrogen and oxygen atoms in total. The van der Waals surface area contributed by atoms with Crippen LogP contribution in [0.2, 0.25) is 0 Å². The van der Waals surface area contributed by atoms with E-state index in [9.17, 15) is 9.59 Å². The third-order valence-electron chi connectivity index (χ3n) is 5.15. The summed E-state index contributed by atoms with van der Waals surface area (Å²) in [5.74, 6) is 0.686. The van der Waals surface area contributed by atoms with Gasteiger partial charge in [-0.2, -0.15) is 5.10 Å². The monoisotopic (exact) mass is 353 g/mol. The molecule has 2 saturated carbocycles. The van der Waals surface area contributed by atoms with Gasteiger partial charge >= 0.3 is 0 Å². The van der Waals surface area contributed by atoms with Crippen molar-refractivity contribution in [3.63, 3.8) is 0 Å². The third kappa shape index (κ3) is 3.76. The zero-order valence-electron chi connectivity index (χ0n) is 14.6. The highest BCUT2D eigenvalue weighted by molar-refractivity contribution is 5.76. The van der Waals surface area contributed by atoms with Crippen LogP contribution in [-0.2, 0) is 11.3 Å². The number of carbonyl (C=O) groups is 1. The van der Waals surface area contributed by atoms with Gasteiger partial charge in [0.15, 0.2) is 0 Å². The number of nitrogens with zero attached hydrogens (tertiary/aromatic N) is 3. The van der Waals surface area contributed by atoms with Gasteiger partial charge in [0.05, 0.1) is 5.69 Å². The van der Waals surface area contributed by atoms with Crippen molar-refractivity contribution in [3.8, 4) is 11.3 Å². The van der Waals surface area contributed by atoms with Crippen molar-refractivity contribution in [2.45, 2.75) is 57.2 Å². The van der Waals surface area contributed by atoms with Gasteiger partial charge in [-0.15, -0.1) is 0 Å². The summed E-state index contributed by atoms with van der Waals surface area (Å²) >= 11 is 0. The average molecular weight is 353 g/mol. The van der Waals surface area contributed by atoms with Gasteiger partial charge in [-0.1, -0.05) is 0 Å². The SMILES string of the molecule is O=C(Cn1nc(-c2ccc(NC3CCC3)nc2)ccc1=O)NC1CCC1. The number of hydrogen-bond acceptors (Lipinski definition) is 5. The number of anilines is 1. The Bertz CT molecular complexity index is 838. The summed E-state index contributed by atoms with van der Waals surface area (Å²) in [6, 6.07) is 7.75. The van der Waals surface area contributed by atoms with Crippen molar-refractivity contribution < 1.29 is 4.79 Å². The second-order valence-electron chi connectivity index (χ2n) is 7.11. The second kappa shape index (κ2) is 7.27. The minimum absolute atomic E-state index is 0.0576. The summed E-state index contributed by atoms with van der Waals surface area (Å²) in [6.07, 6.45) is 8.58. The lowest BCUT2D eigenvalue weighted by atomic mass is 9.93. The molecular weight excluding hydrogens is 330 g/mol. The Balaban J connectivity index is 1.45. The van der Waals surface area contributed by atoms with Crippen LogP contribution < -0.4 is 16.2 Å². The summed E-state index contributed by atoms with van der Waals surface area (Å²) in [5, 5.41) is 10.7. The summed E-state index contributed by atoms with van der Waals surface area (Å²) in [4.78, 5) is 28.5. The van der Waals surface area contributed by atoms with Crippen LogP contribution in [-0.4, -0.2) is 32.8 Å². The Hall–Kier alpha value is -2.70. The average Bonchev–Trinajstić information content (AvgIpc) is 2.57. The molecule has 2 aliphatic rings. The van der Waals surface area contributed by atoms with Crippen molar-refractivity contribution in [3.05, 3.63) is 40.8 Å². The fourth-order valence-corrected chi connectivity index (χ4v) is 3.07. The number of pyridine rings is 1. The molecule has 0 spiro atoms. The van der Waals surface area contributed by atoms with Crippen LogP contribution in [0.5, 0.6) is 0 Å². The van der Waals surface area contributed by atoms with E-state index in [2.05, 4.69) is 20.7 Å². The number of amides is 1. The van der Waals surface area contributed by atoms with Crippen LogP contribution in [0, 0.1) is 0 Å². The highest BCUT2D eigenvalue weighted by atomic mass is 16.2. The van der Waals surface area contributed by atoms with Crippen LogP contribution >= 0.6 is 0 Å². The van der Waals surface area contributed by atoms with E-state index >= 15 is 0 Å². The highest BCUT2D eigenvalue weighted by Crippen LogP contribution is 2.23. The van der Waals surface area contributed by atoms with Crippen molar-refractivity contribution in [2.75, 3.05) is 5.32 Å². The Morgan fingerprint density at radius 2 is 1.85 bits per heavy atom. The van der Waals surface area contributed by atoms with E-state index in [1.807, 2.05) is 12.1 Å². The van der Waals surface area contributed by atoms with Crippen LogP contribution in [0.4, 0.5) is 5.82 Å². The van der Waals surface area contributed by atoms with Crippen LogP contribution in [0.3, 0.4) is 0 Å². The van der Waals surface area contributed by atoms with Gasteiger partial charge in [-0.3, -0.25) is 9.59 Å². The van der Waals surface area contributed by atoms with Crippen molar-refractivity contribution in [1.29, 1.82) is 0 Å². The highest BCUT2D eigenvalue weighted by Gasteiger charge is 2.20. The maximum absolute atomic E-state index is 12.1. The van der Waals surface area contributed by atoms with Crippen LogP contribution in [0.25, 0.3) is 11.3 Å². The molecule has 0 bridgehead atoms. The number of hydrogen-bond donors (Lipinski definition) is 2. The van der Waals surface area contributed by atoms with E-state index in [0.29, 0.717) is 11.7 Å². The molecule has 26 heavy (non-hydrogen) atoms. The zero-order chi connectivity index (χ0) is 17.9. The first kappa shape index (κ1) is 16.8. The number of nitrogens with one attached hydrogen (secondary N) is 2. The molecule has 0 atom stereocenters. The molecule has 2 N–H and O–H groups in total. The molecule has 2 aromatic rings. The van der Waals surface area contributed by atoms with Crippen LogP contribution in [0.15, 0.2) is 35.3 Å². The summed E-state index contributed by atoms with van der Waals surface area (Å²) in [6.45, 7) is -0.0576. The maximum Gasteiger partial charge on any atom is 0.267 e. The molecule has 7 heteroatoms. The smallest absolute Gasteiger partial charge is 0.267 e. The zero-order valence-corrected chi connectivity index (χ0v) is 14.6. The minimum atomic E-state index is -0.284. The van der Waals surface area contributed by atoms with E-state index in [1.165, 1.54) is 30.0 Å². The lowest BCUT2D eigenvalue weighted by molar-refractivity contribution is -0.123. The molecule has 2 heterocycles.